The molecule has 25 heavy (non-hydrogen) atoms. The van der Waals surface area contributed by atoms with Gasteiger partial charge in [0.2, 0.25) is 0 Å². The number of carbonyl (C=O) groups is 1. The standard InChI is InChI=1S/C20H25FN2O2/c1-3-18(25-19-13-8-7-12-17(19)21)20(24)22-14-9-15-23(2)16-10-5-4-6-11-16/h4-8,10-13,18H,3,9,14-15H2,1-2H3,(H,22,24)/t18-/m1/s1. The van der Waals surface area contributed by atoms with Gasteiger partial charge in [0.25, 0.3) is 5.91 Å². The van der Waals surface area contributed by atoms with Crippen molar-refractivity contribution in [3.63, 3.8) is 0 Å². The van der Waals surface area contributed by atoms with Gasteiger partial charge in [0.1, 0.15) is 0 Å². The van der Waals surface area contributed by atoms with Crippen molar-refractivity contribution in [3.05, 3.63) is 60.4 Å². The molecule has 0 saturated carbocycles. The Kier molecular flexibility index (Phi) is 7.26. The van der Waals surface area contributed by atoms with E-state index in [-0.39, 0.29) is 11.7 Å². The van der Waals surface area contributed by atoms with E-state index in [1.807, 2.05) is 44.3 Å². The van der Waals surface area contributed by atoms with Crippen LogP contribution < -0.4 is 15.0 Å². The van der Waals surface area contributed by atoms with E-state index in [0.717, 1.165) is 18.7 Å². The molecule has 0 aromatic heterocycles. The summed E-state index contributed by atoms with van der Waals surface area (Å²) in [6, 6.07) is 16.2. The van der Waals surface area contributed by atoms with Gasteiger partial charge in [0.15, 0.2) is 17.7 Å². The van der Waals surface area contributed by atoms with Gasteiger partial charge in [0.05, 0.1) is 0 Å². The molecule has 0 saturated heterocycles. The number of rotatable bonds is 9. The average molecular weight is 344 g/mol. The van der Waals surface area contributed by atoms with Gasteiger partial charge < -0.3 is 15.0 Å². The van der Waals surface area contributed by atoms with E-state index >= 15 is 0 Å². The Morgan fingerprint density at radius 3 is 2.52 bits per heavy atom. The Labute approximate surface area is 148 Å². The highest BCUT2D eigenvalue weighted by Gasteiger charge is 2.19. The topological polar surface area (TPSA) is 41.6 Å². The Hall–Kier alpha value is -2.56. The molecule has 5 heteroatoms. The fourth-order valence-corrected chi connectivity index (χ4v) is 2.47. The molecule has 0 radical (unpaired) electrons. The minimum absolute atomic E-state index is 0.105. The lowest BCUT2D eigenvalue weighted by Crippen LogP contribution is -2.39. The second kappa shape index (κ2) is 9.67. The Morgan fingerprint density at radius 2 is 1.84 bits per heavy atom. The molecule has 0 aliphatic carbocycles. The minimum atomic E-state index is -0.691. The largest absolute Gasteiger partial charge is 0.478 e. The summed E-state index contributed by atoms with van der Waals surface area (Å²) in [5, 5.41) is 2.87. The van der Waals surface area contributed by atoms with Crippen LogP contribution >= 0.6 is 0 Å². The number of halogens is 1. The summed E-state index contributed by atoms with van der Waals surface area (Å²) in [4.78, 5) is 14.4. The first-order valence-electron chi connectivity index (χ1n) is 8.57. The van der Waals surface area contributed by atoms with E-state index in [1.165, 1.54) is 12.1 Å². The number of anilines is 1. The highest BCUT2D eigenvalue weighted by molar-refractivity contribution is 5.81. The van der Waals surface area contributed by atoms with Crippen molar-refractivity contribution in [2.75, 3.05) is 25.0 Å². The summed E-state index contributed by atoms with van der Waals surface area (Å²) in [6.07, 6.45) is 0.598. The van der Waals surface area contributed by atoms with Crippen molar-refractivity contribution in [2.24, 2.45) is 0 Å². The number of hydrogen-bond donors (Lipinski definition) is 1. The number of para-hydroxylation sites is 2. The number of benzene rings is 2. The van der Waals surface area contributed by atoms with E-state index in [2.05, 4.69) is 10.2 Å². The van der Waals surface area contributed by atoms with Gasteiger partial charge in [-0.05, 0) is 37.1 Å². The third kappa shape index (κ3) is 5.78. The van der Waals surface area contributed by atoms with Crippen molar-refractivity contribution in [1.29, 1.82) is 0 Å². The summed E-state index contributed by atoms with van der Waals surface area (Å²) >= 11 is 0. The SMILES string of the molecule is CC[C@@H](Oc1ccccc1F)C(=O)NCCCN(C)c1ccccc1. The van der Waals surface area contributed by atoms with Gasteiger partial charge in [-0.1, -0.05) is 37.3 Å². The molecule has 4 nitrogen and oxygen atoms in total. The molecular formula is C20H25FN2O2. The van der Waals surface area contributed by atoms with Crippen LogP contribution in [-0.2, 0) is 4.79 Å². The van der Waals surface area contributed by atoms with Gasteiger partial charge in [-0.2, -0.15) is 0 Å². The first kappa shape index (κ1) is 18.8. The maximum Gasteiger partial charge on any atom is 0.261 e. The maximum absolute atomic E-state index is 13.6. The molecule has 0 unspecified atom stereocenters. The highest BCUT2D eigenvalue weighted by atomic mass is 19.1. The van der Waals surface area contributed by atoms with Crippen LogP contribution in [0.25, 0.3) is 0 Å². The van der Waals surface area contributed by atoms with Crippen LogP contribution in [0.4, 0.5) is 10.1 Å². The number of hydrogen-bond acceptors (Lipinski definition) is 3. The first-order valence-corrected chi connectivity index (χ1v) is 8.57. The van der Waals surface area contributed by atoms with E-state index in [9.17, 15) is 9.18 Å². The number of amides is 1. The summed E-state index contributed by atoms with van der Waals surface area (Å²) < 4.78 is 19.2. The van der Waals surface area contributed by atoms with Crippen LogP contribution in [0.5, 0.6) is 5.75 Å². The van der Waals surface area contributed by atoms with Crippen LogP contribution in [0.1, 0.15) is 19.8 Å². The van der Waals surface area contributed by atoms with Gasteiger partial charge in [0, 0.05) is 25.8 Å². The Balaban J connectivity index is 1.75. The molecule has 0 fully saturated rings. The Morgan fingerprint density at radius 1 is 1.16 bits per heavy atom. The summed E-state index contributed by atoms with van der Waals surface area (Å²) in [5.41, 5.74) is 1.14. The molecule has 0 heterocycles. The molecule has 1 N–H and O–H groups in total. The second-order valence-electron chi connectivity index (χ2n) is 5.85. The van der Waals surface area contributed by atoms with Crippen LogP contribution in [0.3, 0.4) is 0 Å². The van der Waals surface area contributed by atoms with Crippen molar-refractivity contribution >= 4 is 11.6 Å². The lowest BCUT2D eigenvalue weighted by Gasteiger charge is -2.20. The number of nitrogens with one attached hydrogen (secondary N) is 1. The highest BCUT2D eigenvalue weighted by Crippen LogP contribution is 2.18. The predicted molar refractivity (Wildman–Crippen MR) is 98.4 cm³/mol. The molecule has 0 bridgehead atoms. The zero-order valence-corrected chi connectivity index (χ0v) is 14.7. The average Bonchev–Trinajstić information content (AvgIpc) is 2.65. The van der Waals surface area contributed by atoms with Crippen LogP contribution in [0.2, 0.25) is 0 Å². The van der Waals surface area contributed by atoms with E-state index in [4.69, 9.17) is 4.74 Å². The summed E-state index contributed by atoms with van der Waals surface area (Å²) in [6.45, 7) is 3.22. The molecule has 0 aliphatic heterocycles. The molecule has 1 amide bonds. The number of ether oxygens (including phenoxy) is 1. The maximum atomic E-state index is 13.6. The molecule has 2 aromatic rings. The molecule has 0 spiro atoms. The fraction of sp³-hybridized carbons (Fsp3) is 0.350. The monoisotopic (exact) mass is 344 g/mol. The van der Waals surface area contributed by atoms with Gasteiger partial charge >= 0.3 is 0 Å². The van der Waals surface area contributed by atoms with Crippen molar-refractivity contribution < 1.29 is 13.9 Å². The van der Waals surface area contributed by atoms with Crippen LogP contribution in [0.15, 0.2) is 54.6 Å². The first-order chi connectivity index (χ1) is 12.1. The molecule has 0 aliphatic rings. The number of carbonyl (C=O) groups excluding carboxylic acids is 1. The Bertz CT molecular complexity index is 664. The fourth-order valence-electron chi connectivity index (χ4n) is 2.47. The second-order valence-corrected chi connectivity index (χ2v) is 5.85. The predicted octanol–water partition coefficient (Wildman–Crippen LogP) is 3.63. The molecular weight excluding hydrogens is 319 g/mol. The lowest BCUT2D eigenvalue weighted by molar-refractivity contribution is -0.128. The third-order valence-corrected chi connectivity index (χ3v) is 3.94. The van der Waals surface area contributed by atoms with Gasteiger partial charge in [-0.3, -0.25) is 4.79 Å². The van der Waals surface area contributed by atoms with Crippen molar-refractivity contribution in [1.82, 2.24) is 5.32 Å². The quantitative estimate of drug-likeness (QED) is 0.707. The molecule has 134 valence electrons. The van der Waals surface area contributed by atoms with Gasteiger partial charge in [-0.25, -0.2) is 4.39 Å². The van der Waals surface area contributed by atoms with Gasteiger partial charge in [-0.15, -0.1) is 0 Å². The molecule has 2 rings (SSSR count). The lowest BCUT2D eigenvalue weighted by atomic mass is 10.2. The van der Waals surface area contributed by atoms with Crippen molar-refractivity contribution in [2.45, 2.75) is 25.9 Å². The van der Waals surface area contributed by atoms with Crippen LogP contribution in [-0.4, -0.2) is 32.1 Å². The van der Waals surface area contributed by atoms with E-state index in [0.29, 0.717) is 13.0 Å². The third-order valence-electron chi connectivity index (χ3n) is 3.94. The van der Waals surface area contributed by atoms with E-state index in [1.54, 1.807) is 12.1 Å². The summed E-state index contributed by atoms with van der Waals surface area (Å²) in [7, 11) is 2.02. The summed E-state index contributed by atoms with van der Waals surface area (Å²) in [5.74, 6) is -0.570. The minimum Gasteiger partial charge on any atom is -0.478 e. The normalized spacial score (nSPS) is 11.6. The molecule has 2 aromatic carbocycles. The van der Waals surface area contributed by atoms with Crippen molar-refractivity contribution in [3.8, 4) is 5.75 Å². The smallest absolute Gasteiger partial charge is 0.261 e. The van der Waals surface area contributed by atoms with Crippen LogP contribution in [0, 0.1) is 5.82 Å². The number of nitrogens with zero attached hydrogens (tertiary/aromatic N) is 1. The zero-order chi connectivity index (χ0) is 18.1. The molecule has 1 atom stereocenters. The zero-order valence-electron chi connectivity index (χ0n) is 14.7. The van der Waals surface area contributed by atoms with E-state index < -0.39 is 11.9 Å².